The van der Waals surface area contributed by atoms with E-state index in [1.807, 2.05) is 12.1 Å². The fraction of sp³-hybridized carbons (Fsp3) is 0.600. The molecule has 1 saturated carbocycles. The van der Waals surface area contributed by atoms with E-state index in [9.17, 15) is 18.0 Å². The van der Waals surface area contributed by atoms with E-state index in [4.69, 9.17) is 0 Å². The molecule has 1 heterocycles. The Hall–Kier alpha value is -1.93. The zero-order chi connectivity index (χ0) is 20.3. The van der Waals surface area contributed by atoms with Gasteiger partial charge in [-0.1, -0.05) is 26.0 Å². The highest BCUT2D eigenvalue weighted by Gasteiger charge is 2.32. The molecule has 1 atom stereocenters. The van der Waals surface area contributed by atoms with Crippen molar-refractivity contribution < 1.29 is 18.0 Å². The third kappa shape index (κ3) is 4.72. The number of hydrogen-bond donors (Lipinski definition) is 1. The lowest BCUT2D eigenvalue weighted by Crippen LogP contribution is -2.52. The summed E-state index contributed by atoms with van der Waals surface area (Å²) in [5.74, 6) is 0.243. The van der Waals surface area contributed by atoms with Crippen molar-refractivity contribution in [3.8, 4) is 0 Å². The zero-order valence-electron chi connectivity index (χ0n) is 16.6. The first-order valence-corrected chi connectivity index (χ1v) is 11.4. The maximum absolute atomic E-state index is 12.9. The molecule has 28 heavy (non-hydrogen) atoms. The van der Waals surface area contributed by atoms with Gasteiger partial charge in [0.1, 0.15) is 0 Å². The van der Waals surface area contributed by atoms with E-state index >= 15 is 0 Å². The summed E-state index contributed by atoms with van der Waals surface area (Å²) in [4.78, 5) is 25.8. The maximum atomic E-state index is 12.9. The molecule has 0 spiro atoms. The van der Waals surface area contributed by atoms with Crippen LogP contribution in [0.25, 0.3) is 0 Å². The van der Waals surface area contributed by atoms with Crippen LogP contribution >= 0.6 is 0 Å². The van der Waals surface area contributed by atoms with Crippen molar-refractivity contribution in [2.45, 2.75) is 43.9 Å². The summed E-state index contributed by atoms with van der Waals surface area (Å²) in [6, 6.07) is 7.09. The second-order valence-corrected chi connectivity index (χ2v) is 9.59. The summed E-state index contributed by atoms with van der Waals surface area (Å²) in [7, 11) is -3.56. The Morgan fingerprint density at radius 3 is 2.25 bits per heavy atom. The van der Waals surface area contributed by atoms with Crippen LogP contribution in [0.4, 0.5) is 0 Å². The molecule has 7 nitrogen and oxygen atoms in total. The Labute approximate surface area is 167 Å². The molecule has 8 heteroatoms. The summed E-state index contributed by atoms with van der Waals surface area (Å²) < 4.78 is 27.2. The van der Waals surface area contributed by atoms with Gasteiger partial charge in [-0.25, -0.2) is 8.42 Å². The highest BCUT2D eigenvalue weighted by Crippen LogP contribution is 2.28. The van der Waals surface area contributed by atoms with Crippen LogP contribution in [0.15, 0.2) is 29.2 Å². The highest BCUT2D eigenvalue weighted by atomic mass is 32.2. The monoisotopic (exact) mass is 407 g/mol. The molecule has 1 aliphatic heterocycles. The van der Waals surface area contributed by atoms with Gasteiger partial charge in [0.15, 0.2) is 0 Å². The SMILES string of the molecule is CCC(C)c1ccc(S(=O)(=O)N2CCN(C(=O)CNC(=O)C3CC3)CC2)cc1. The van der Waals surface area contributed by atoms with Gasteiger partial charge in [0, 0.05) is 32.1 Å². The number of piperazine rings is 1. The van der Waals surface area contributed by atoms with Gasteiger partial charge in [0.25, 0.3) is 0 Å². The van der Waals surface area contributed by atoms with E-state index in [0.717, 1.165) is 24.8 Å². The van der Waals surface area contributed by atoms with Gasteiger partial charge < -0.3 is 10.2 Å². The zero-order valence-corrected chi connectivity index (χ0v) is 17.4. The van der Waals surface area contributed by atoms with Gasteiger partial charge in [-0.2, -0.15) is 4.31 Å². The molecule has 0 aromatic heterocycles. The van der Waals surface area contributed by atoms with Gasteiger partial charge in [-0.15, -0.1) is 0 Å². The molecular formula is C20H29N3O4S. The van der Waals surface area contributed by atoms with E-state index < -0.39 is 10.0 Å². The second-order valence-electron chi connectivity index (χ2n) is 7.66. The molecule has 2 aliphatic rings. The molecule has 0 bridgehead atoms. The smallest absolute Gasteiger partial charge is 0.243 e. The number of carbonyl (C=O) groups is 2. The molecule has 1 aliphatic carbocycles. The summed E-state index contributed by atoms with van der Waals surface area (Å²) >= 11 is 0. The van der Waals surface area contributed by atoms with Crippen LogP contribution < -0.4 is 5.32 Å². The van der Waals surface area contributed by atoms with Gasteiger partial charge in [0.05, 0.1) is 11.4 Å². The Balaban J connectivity index is 1.54. The Morgan fingerprint density at radius 2 is 1.71 bits per heavy atom. The topological polar surface area (TPSA) is 86.8 Å². The van der Waals surface area contributed by atoms with Crippen LogP contribution in [0.1, 0.15) is 44.6 Å². The van der Waals surface area contributed by atoms with Gasteiger partial charge in [0.2, 0.25) is 21.8 Å². The van der Waals surface area contributed by atoms with Gasteiger partial charge in [-0.05, 0) is 42.9 Å². The van der Waals surface area contributed by atoms with Crippen molar-refractivity contribution in [3.05, 3.63) is 29.8 Å². The lowest BCUT2D eigenvalue weighted by molar-refractivity contribution is -0.134. The first kappa shape index (κ1) is 20.8. The van der Waals surface area contributed by atoms with Crippen LogP contribution in [0.5, 0.6) is 0 Å². The highest BCUT2D eigenvalue weighted by molar-refractivity contribution is 7.89. The predicted octanol–water partition coefficient (Wildman–Crippen LogP) is 1.56. The number of nitrogens with zero attached hydrogens (tertiary/aromatic N) is 2. The number of benzene rings is 1. The van der Waals surface area contributed by atoms with Crippen molar-refractivity contribution >= 4 is 21.8 Å². The van der Waals surface area contributed by atoms with E-state index in [1.165, 1.54) is 4.31 Å². The van der Waals surface area contributed by atoms with Crippen molar-refractivity contribution in [2.24, 2.45) is 5.92 Å². The number of rotatable bonds is 7. The molecule has 154 valence electrons. The molecule has 2 amide bonds. The maximum Gasteiger partial charge on any atom is 0.243 e. The number of carbonyl (C=O) groups excluding carboxylic acids is 2. The molecule has 1 N–H and O–H groups in total. The summed E-state index contributed by atoms with van der Waals surface area (Å²) in [6.07, 6.45) is 2.80. The van der Waals surface area contributed by atoms with Crippen LogP contribution in [-0.4, -0.2) is 62.2 Å². The third-order valence-electron chi connectivity index (χ3n) is 5.65. The number of amides is 2. The Bertz CT molecular complexity index is 810. The number of sulfonamides is 1. The quantitative estimate of drug-likeness (QED) is 0.743. The third-order valence-corrected chi connectivity index (χ3v) is 7.57. The lowest BCUT2D eigenvalue weighted by Gasteiger charge is -2.34. The molecule has 1 aromatic carbocycles. The van der Waals surface area contributed by atoms with Crippen molar-refractivity contribution in [1.82, 2.24) is 14.5 Å². The van der Waals surface area contributed by atoms with Gasteiger partial charge in [-0.3, -0.25) is 9.59 Å². The van der Waals surface area contributed by atoms with Crippen molar-refractivity contribution in [2.75, 3.05) is 32.7 Å². The standard InChI is InChI=1S/C20H29N3O4S/c1-3-15(2)16-6-8-18(9-7-16)28(26,27)23-12-10-22(11-13-23)19(24)14-21-20(25)17-4-5-17/h6-9,15,17H,3-5,10-14H2,1-2H3,(H,21,25). The molecular weight excluding hydrogens is 378 g/mol. The average molecular weight is 408 g/mol. The van der Waals surface area contributed by atoms with Crippen LogP contribution in [0.3, 0.4) is 0 Å². The second kappa shape index (κ2) is 8.61. The van der Waals surface area contributed by atoms with E-state index in [0.29, 0.717) is 19.0 Å². The first-order valence-electron chi connectivity index (χ1n) is 9.98. The Morgan fingerprint density at radius 1 is 1.11 bits per heavy atom. The van der Waals surface area contributed by atoms with Crippen molar-refractivity contribution in [1.29, 1.82) is 0 Å². The summed E-state index contributed by atoms with van der Waals surface area (Å²) in [5.41, 5.74) is 1.13. The molecule has 3 rings (SSSR count). The van der Waals surface area contributed by atoms with E-state index in [-0.39, 0.29) is 42.3 Å². The molecule has 1 unspecified atom stereocenters. The first-order chi connectivity index (χ1) is 13.3. The van der Waals surface area contributed by atoms with Crippen LogP contribution in [0.2, 0.25) is 0 Å². The predicted molar refractivity (Wildman–Crippen MR) is 106 cm³/mol. The molecule has 1 saturated heterocycles. The van der Waals surface area contributed by atoms with E-state index in [2.05, 4.69) is 19.2 Å². The minimum atomic E-state index is -3.56. The summed E-state index contributed by atoms with van der Waals surface area (Å²) in [6.45, 7) is 5.40. The fourth-order valence-corrected chi connectivity index (χ4v) is 4.72. The fourth-order valence-electron chi connectivity index (χ4n) is 3.30. The molecule has 0 radical (unpaired) electrons. The average Bonchev–Trinajstić information content (AvgIpc) is 3.56. The van der Waals surface area contributed by atoms with Crippen LogP contribution in [0, 0.1) is 5.92 Å². The minimum Gasteiger partial charge on any atom is -0.347 e. The number of hydrogen-bond acceptors (Lipinski definition) is 4. The van der Waals surface area contributed by atoms with Crippen LogP contribution in [-0.2, 0) is 19.6 Å². The minimum absolute atomic E-state index is 0.0147. The Kier molecular flexibility index (Phi) is 6.40. The normalized spacial score (nSPS) is 19.3. The largest absolute Gasteiger partial charge is 0.347 e. The lowest BCUT2D eigenvalue weighted by atomic mass is 9.99. The van der Waals surface area contributed by atoms with E-state index in [1.54, 1.807) is 17.0 Å². The van der Waals surface area contributed by atoms with Gasteiger partial charge >= 0.3 is 0 Å². The summed E-state index contributed by atoms with van der Waals surface area (Å²) in [5, 5.41) is 2.67. The molecule has 2 fully saturated rings. The number of nitrogens with one attached hydrogen (secondary N) is 1. The van der Waals surface area contributed by atoms with Crippen molar-refractivity contribution in [3.63, 3.8) is 0 Å². The molecule has 1 aromatic rings.